The molecule has 4 nitrogen and oxygen atoms in total. The average Bonchev–Trinajstić information content (AvgIpc) is 2.44. The van der Waals surface area contributed by atoms with Crippen LogP contribution in [0.25, 0.3) is 0 Å². The number of hydrogen-bond donors (Lipinski definition) is 1. The first-order chi connectivity index (χ1) is 9.69. The highest BCUT2D eigenvalue weighted by Crippen LogP contribution is 2.10. The molecule has 0 radical (unpaired) electrons. The predicted molar refractivity (Wildman–Crippen MR) is 77.8 cm³/mol. The van der Waals surface area contributed by atoms with Crippen molar-refractivity contribution >= 4 is 5.82 Å². The number of halogens is 1. The summed E-state index contributed by atoms with van der Waals surface area (Å²) >= 11 is 0. The van der Waals surface area contributed by atoms with Crippen LogP contribution < -0.4 is 5.32 Å². The van der Waals surface area contributed by atoms with E-state index in [2.05, 4.69) is 15.3 Å². The van der Waals surface area contributed by atoms with Crippen molar-refractivity contribution in [1.29, 1.82) is 0 Å². The Morgan fingerprint density at radius 3 is 2.60 bits per heavy atom. The smallest absolute Gasteiger partial charge is 0.144 e. The van der Waals surface area contributed by atoms with E-state index >= 15 is 0 Å². The molecule has 0 atom stereocenters. The van der Waals surface area contributed by atoms with Gasteiger partial charge in [0.1, 0.15) is 11.6 Å². The molecule has 0 spiro atoms. The van der Waals surface area contributed by atoms with E-state index in [1.165, 1.54) is 6.07 Å². The number of anilines is 1. The van der Waals surface area contributed by atoms with Gasteiger partial charge in [-0.3, -0.25) is 9.88 Å². The summed E-state index contributed by atoms with van der Waals surface area (Å²) in [6.45, 7) is 4.01. The SMILES string of the molecule is CCNc1cnc(CN(C)Cc2ccccc2F)cn1. The first-order valence-corrected chi connectivity index (χ1v) is 6.65. The standard InChI is InChI=1S/C15H19FN4/c1-3-17-15-9-18-13(8-19-15)11-20(2)10-12-6-4-5-7-14(12)16/h4-9H,3,10-11H2,1-2H3,(H,17,19). The molecule has 0 saturated carbocycles. The minimum Gasteiger partial charge on any atom is -0.369 e. The highest BCUT2D eigenvalue weighted by Gasteiger charge is 2.06. The molecule has 0 amide bonds. The van der Waals surface area contributed by atoms with E-state index in [1.54, 1.807) is 24.5 Å². The third-order valence-electron chi connectivity index (χ3n) is 2.89. The van der Waals surface area contributed by atoms with Gasteiger partial charge in [-0.1, -0.05) is 18.2 Å². The second kappa shape index (κ2) is 6.96. The lowest BCUT2D eigenvalue weighted by atomic mass is 10.2. The van der Waals surface area contributed by atoms with Gasteiger partial charge < -0.3 is 5.32 Å². The summed E-state index contributed by atoms with van der Waals surface area (Å²) in [5.74, 6) is 0.598. The van der Waals surface area contributed by atoms with E-state index in [9.17, 15) is 4.39 Å². The lowest BCUT2D eigenvalue weighted by Gasteiger charge is -2.16. The minimum absolute atomic E-state index is 0.173. The second-order valence-electron chi connectivity index (χ2n) is 4.69. The van der Waals surface area contributed by atoms with Crippen molar-refractivity contribution in [3.8, 4) is 0 Å². The fraction of sp³-hybridized carbons (Fsp3) is 0.333. The van der Waals surface area contributed by atoms with Crippen LogP contribution >= 0.6 is 0 Å². The third-order valence-corrected chi connectivity index (χ3v) is 2.89. The molecular formula is C15H19FN4. The molecule has 0 fully saturated rings. The minimum atomic E-state index is -0.173. The average molecular weight is 274 g/mol. The van der Waals surface area contributed by atoms with E-state index < -0.39 is 0 Å². The molecule has 0 aliphatic heterocycles. The third kappa shape index (κ3) is 3.99. The molecule has 0 aliphatic rings. The van der Waals surface area contributed by atoms with Crippen molar-refractivity contribution in [2.75, 3.05) is 18.9 Å². The zero-order valence-electron chi connectivity index (χ0n) is 11.8. The Morgan fingerprint density at radius 1 is 1.15 bits per heavy atom. The summed E-state index contributed by atoms with van der Waals surface area (Å²) in [4.78, 5) is 10.6. The molecule has 1 aromatic carbocycles. The highest BCUT2D eigenvalue weighted by molar-refractivity contribution is 5.30. The van der Waals surface area contributed by atoms with Gasteiger partial charge in [0, 0.05) is 25.2 Å². The molecule has 1 N–H and O–H groups in total. The van der Waals surface area contributed by atoms with E-state index in [0.29, 0.717) is 18.7 Å². The molecule has 0 aliphatic carbocycles. The first kappa shape index (κ1) is 14.4. The van der Waals surface area contributed by atoms with Crippen LogP contribution in [0.5, 0.6) is 0 Å². The molecule has 5 heteroatoms. The Balaban J connectivity index is 1.94. The van der Waals surface area contributed by atoms with Crippen LogP contribution in [0.2, 0.25) is 0 Å². The van der Waals surface area contributed by atoms with Gasteiger partial charge in [0.25, 0.3) is 0 Å². The van der Waals surface area contributed by atoms with Crippen LogP contribution in [0.4, 0.5) is 10.2 Å². The Hall–Kier alpha value is -2.01. The van der Waals surface area contributed by atoms with Crippen molar-refractivity contribution in [1.82, 2.24) is 14.9 Å². The molecule has 0 bridgehead atoms. The fourth-order valence-electron chi connectivity index (χ4n) is 1.96. The summed E-state index contributed by atoms with van der Waals surface area (Å²) in [6.07, 6.45) is 3.46. The molecule has 2 rings (SSSR count). The van der Waals surface area contributed by atoms with Crippen molar-refractivity contribution < 1.29 is 4.39 Å². The largest absolute Gasteiger partial charge is 0.369 e. The molecule has 0 saturated heterocycles. The lowest BCUT2D eigenvalue weighted by molar-refractivity contribution is 0.309. The van der Waals surface area contributed by atoms with Gasteiger partial charge in [0.2, 0.25) is 0 Å². The van der Waals surface area contributed by atoms with Crippen LogP contribution in [0, 0.1) is 5.82 Å². The Kier molecular flexibility index (Phi) is 5.01. The monoisotopic (exact) mass is 274 g/mol. The molecule has 0 unspecified atom stereocenters. The maximum Gasteiger partial charge on any atom is 0.144 e. The van der Waals surface area contributed by atoms with Gasteiger partial charge in [-0.25, -0.2) is 9.37 Å². The summed E-state index contributed by atoms with van der Waals surface area (Å²) in [5.41, 5.74) is 1.55. The van der Waals surface area contributed by atoms with Crippen molar-refractivity contribution in [2.45, 2.75) is 20.0 Å². The van der Waals surface area contributed by atoms with Crippen molar-refractivity contribution in [3.63, 3.8) is 0 Å². The van der Waals surface area contributed by atoms with Gasteiger partial charge in [-0.05, 0) is 20.0 Å². The van der Waals surface area contributed by atoms with E-state index in [-0.39, 0.29) is 5.82 Å². The van der Waals surface area contributed by atoms with Gasteiger partial charge in [-0.15, -0.1) is 0 Å². The number of rotatable bonds is 6. The van der Waals surface area contributed by atoms with Gasteiger partial charge >= 0.3 is 0 Å². The summed E-state index contributed by atoms with van der Waals surface area (Å²) in [7, 11) is 1.94. The van der Waals surface area contributed by atoms with E-state index in [0.717, 1.165) is 18.1 Å². The van der Waals surface area contributed by atoms with Gasteiger partial charge in [-0.2, -0.15) is 0 Å². The van der Waals surface area contributed by atoms with Crippen molar-refractivity contribution in [3.05, 3.63) is 53.7 Å². The highest BCUT2D eigenvalue weighted by atomic mass is 19.1. The number of aromatic nitrogens is 2. The number of hydrogen-bond acceptors (Lipinski definition) is 4. The molecule has 20 heavy (non-hydrogen) atoms. The Morgan fingerprint density at radius 2 is 1.95 bits per heavy atom. The van der Waals surface area contributed by atoms with E-state index in [4.69, 9.17) is 0 Å². The second-order valence-corrected chi connectivity index (χ2v) is 4.69. The zero-order valence-corrected chi connectivity index (χ0v) is 11.8. The van der Waals surface area contributed by atoms with E-state index in [1.807, 2.05) is 24.9 Å². The molecule has 106 valence electrons. The zero-order chi connectivity index (χ0) is 14.4. The van der Waals surface area contributed by atoms with Crippen LogP contribution in [-0.2, 0) is 13.1 Å². The maximum atomic E-state index is 13.6. The topological polar surface area (TPSA) is 41.1 Å². The summed E-state index contributed by atoms with van der Waals surface area (Å²) in [5, 5.41) is 3.10. The van der Waals surface area contributed by atoms with Crippen LogP contribution in [0.1, 0.15) is 18.2 Å². The molecule has 1 aromatic heterocycles. The Bertz CT molecular complexity index is 542. The van der Waals surface area contributed by atoms with Crippen LogP contribution in [-0.4, -0.2) is 28.5 Å². The van der Waals surface area contributed by atoms with Crippen molar-refractivity contribution in [2.24, 2.45) is 0 Å². The summed E-state index contributed by atoms with van der Waals surface area (Å²) in [6, 6.07) is 6.82. The maximum absolute atomic E-state index is 13.6. The first-order valence-electron chi connectivity index (χ1n) is 6.65. The van der Waals surface area contributed by atoms with Gasteiger partial charge in [0.05, 0.1) is 18.1 Å². The molecule has 2 aromatic rings. The van der Waals surface area contributed by atoms with Crippen LogP contribution in [0.3, 0.4) is 0 Å². The fourth-order valence-corrected chi connectivity index (χ4v) is 1.96. The molecule has 1 heterocycles. The number of benzene rings is 1. The normalized spacial score (nSPS) is 10.8. The number of nitrogens with one attached hydrogen (secondary N) is 1. The summed E-state index contributed by atoms with van der Waals surface area (Å²) < 4.78 is 13.6. The number of nitrogens with zero attached hydrogens (tertiary/aromatic N) is 3. The Labute approximate surface area is 118 Å². The predicted octanol–water partition coefficient (Wildman–Crippen LogP) is 2.68. The quantitative estimate of drug-likeness (QED) is 0.879. The molecular weight excluding hydrogens is 255 g/mol. The van der Waals surface area contributed by atoms with Gasteiger partial charge in [0.15, 0.2) is 0 Å². The lowest BCUT2D eigenvalue weighted by Crippen LogP contribution is -2.19. The van der Waals surface area contributed by atoms with Crippen LogP contribution in [0.15, 0.2) is 36.7 Å².